The SMILES string of the molecule is [2H]c1c([2H])c([2H])c([C@](Cc2ccccc2)(OC(=O)CC)[C@H](C)CNC)c([2H])c1[2H]. The molecular formula is C21H27NO2. The number of carbonyl (C=O) groups is 1. The Labute approximate surface area is 152 Å². The van der Waals surface area contributed by atoms with E-state index in [1.165, 1.54) is 0 Å². The van der Waals surface area contributed by atoms with Crippen molar-refractivity contribution in [3.8, 4) is 0 Å². The summed E-state index contributed by atoms with van der Waals surface area (Å²) in [5.41, 5.74) is -0.576. The van der Waals surface area contributed by atoms with Crippen LogP contribution in [0.4, 0.5) is 0 Å². The maximum Gasteiger partial charge on any atom is 0.306 e. The van der Waals surface area contributed by atoms with Gasteiger partial charge in [0.25, 0.3) is 0 Å². The van der Waals surface area contributed by atoms with Gasteiger partial charge in [-0.2, -0.15) is 0 Å². The van der Waals surface area contributed by atoms with Gasteiger partial charge in [0, 0.05) is 25.3 Å². The van der Waals surface area contributed by atoms with Crippen molar-refractivity contribution < 1.29 is 16.4 Å². The number of ether oxygens (including phenoxy) is 1. The van der Waals surface area contributed by atoms with Crippen LogP contribution in [0.1, 0.15) is 38.2 Å². The van der Waals surface area contributed by atoms with Crippen molar-refractivity contribution >= 4 is 5.97 Å². The summed E-state index contributed by atoms with van der Waals surface area (Å²) in [5, 5.41) is 3.05. The number of rotatable bonds is 8. The lowest BCUT2D eigenvalue weighted by atomic mass is 9.77. The van der Waals surface area contributed by atoms with Gasteiger partial charge in [0.05, 0.1) is 6.85 Å². The summed E-state index contributed by atoms with van der Waals surface area (Å²) in [6.45, 7) is 3.94. The predicted molar refractivity (Wildman–Crippen MR) is 97.7 cm³/mol. The Bertz CT molecular complexity index is 846. The molecule has 128 valence electrons. The summed E-state index contributed by atoms with van der Waals surface area (Å²) in [5.74, 6) is -0.859. The smallest absolute Gasteiger partial charge is 0.306 e. The molecule has 0 saturated heterocycles. The number of esters is 1. The van der Waals surface area contributed by atoms with Crippen molar-refractivity contribution in [3.63, 3.8) is 0 Å². The largest absolute Gasteiger partial charge is 0.453 e. The molecule has 3 heteroatoms. The van der Waals surface area contributed by atoms with Crippen LogP contribution in [-0.2, 0) is 21.6 Å². The lowest BCUT2D eigenvalue weighted by molar-refractivity contribution is -0.167. The Kier molecular flexibility index (Phi) is 4.42. The predicted octanol–water partition coefficient (Wildman–Crippen LogP) is 3.93. The van der Waals surface area contributed by atoms with Crippen LogP contribution in [-0.4, -0.2) is 19.6 Å². The maximum absolute atomic E-state index is 12.5. The lowest BCUT2D eigenvalue weighted by Gasteiger charge is -2.39. The zero-order valence-electron chi connectivity index (χ0n) is 19.4. The summed E-state index contributed by atoms with van der Waals surface area (Å²) >= 11 is 0. The first-order valence-electron chi connectivity index (χ1n) is 10.7. The van der Waals surface area contributed by atoms with Gasteiger partial charge in [0.2, 0.25) is 0 Å². The van der Waals surface area contributed by atoms with E-state index >= 15 is 0 Å². The van der Waals surface area contributed by atoms with Crippen LogP contribution < -0.4 is 5.32 Å². The molecule has 24 heavy (non-hydrogen) atoms. The van der Waals surface area contributed by atoms with E-state index in [9.17, 15) is 4.79 Å². The number of hydrogen-bond acceptors (Lipinski definition) is 3. The monoisotopic (exact) mass is 330 g/mol. The molecule has 0 aliphatic heterocycles. The molecule has 0 unspecified atom stereocenters. The molecule has 0 radical (unpaired) electrons. The third-order valence-electron chi connectivity index (χ3n) is 4.12. The van der Waals surface area contributed by atoms with Crippen LogP contribution in [0, 0.1) is 5.92 Å². The van der Waals surface area contributed by atoms with Gasteiger partial charge >= 0.3 is 5.97 Å². The summed E-state index contributed by atoms with van der Waals surface area (Å²) in [4.78, 5) is 12.5. The first-order chi connectivity index (χ1) is 13.7. The molecule has 2 rings (SSSR count). The van der Waals surface area contributed by atoms with Gasteiger partial charge in [-0.25, -0.2) is 0 Å². The molecular weight excluding hydrogens is 298 g/mol. The van der Waals surface area contributed by atoms with Crippen LogP contribution in [0.5, 0.6) is 0 Å². The Morgan fingerprint density at radius 3 is 2.50 bits per heavy atom. The zero-order chi connectivity index (χ0) is 21.8. The van der Waals surface area contributed by atoms with Crippen LogP contribution in [0.2, 0.25) is 0 Å². The molecule has 0 aliphatic carbocycles. The van der Waals surface area contributed by atoms with Crippen LogP contribution in [0.3, 0.4) is 0 Å². The van der Waals surface area contributed by atoms with Crippen molar-refractivity contribution in [3.05, 3.63) is 71.7 Å². The lowest BCUT2D eigenvalue weighted by Crippen LogP contribution is -2.44. The molecule has 0 spiro atoms. The summed E-state index contributed by atoms with van der Waals surface area (Å²) < 4.78 is 47.1. The average Bonchev–Trinajstić information content (AvgIpc) is 2.71. The summed E-state index contributed by atoms with van der Waals surface area (Å²) in [6.07, 6.45) is 0.303. The molecule has 2 atom stereocenters. The molecule has 3 nitrogen and oxygen atoms in total. The second-order valence-electron chi connectivity index (χ2n) is 5.84. The second kappa shape index (κ2) is 8.65. The van der Waals surface area contributed by atoms with Gasteiger partial charge in [-0.05, 0) is 18.2 Å². The molecule has 1 N–H and O–H groups in total. The van der Waals surface area contributed by atoms with E-state index in [4.69, 9.17) is 11.6 Å². The quantitative estimate of drug-likeness (QED) is 0.745. The minimum Gasteiger partial charge on any atom is -0.453 e. The highest BCUT2D eigenvalue weighted by molar-refractivity contribution is 5.69. The molecule has 0 aliphatic rings. The first kappa shape index (κ1) is 12.3. The average molecular weight is 330 g/mol. The molecule has 2 aromatic rings. The highest BCUT2D eigenvalue weighted by atomic mass is 16.6. The summed E-state index contributed by atoms with van der Waals surface area (Å²) in [7, 11) is 1.76. The van der Waals surface area contributed by atoms with Gasteiger partial charge in [-0.15, -0.1) is 0 Å². The summed E-state index contributed by atoms with van der Waals surface area (Å²) in [6, 6.07) is 7.26. The third kappa shape index (κ3) is 4.24. The fourth-order valence-electron chi connectivity index (χ4n) is 2.80. The minimum atomic E-state index is -1.43. The fourth-order valence-corrected chi connectivity index (χ4v) is 2.80. The van der Waals surface area contributed by atoms with Gasteiger partial charge < -0.3 is 10.1 Å². The van der Waals surface area contributed by atoms with E-state index in [1.807, 2.05) is 37.3 Å². The molecule has 0 aromatic heterocycles. The Hall–Kier alpha value is -2.13. The van der Waals surface area contributed by atoms with E-state index in [1.54, 1.807) is 14.0 Å². The molecule has 0 heterocycles. The number of carbonyl (C=O) groups excluding carboxylic acids is 1. The van der Waals surface area contributed by atoms with Crippen molar-refractivity contribution in [2.45, 2.75) is 32.3 Å². The van der Waals surface area contributed by atoms with Crippen molar-refractivity contribution in [2.24, 2.45) is 5.92 Å². The van der Waals surface area contributed by atoms with E-state index in [0.717, 1.165) is 5.56 Å². The van der Waals surface area contributed by atoms with Gasteiger partial charge in [-0.3, -0.25) is 4.79 Å². The number of nitrogens with one attached hydrogen (secondary N) is 1. The third-order valence-corrected chi connectivity index (χ3v) is 4.12. The van der Waals surface area contributed by atoms with Crippen LogP contribution >= 0.6 is 0 Å². The van der Waals surface area contributed by atoms with E-state index in [-0.39, 0.29) is 36.4 Å². The first-order valence-corrected chi connectivity index (χ1v) is 8.17. The van der Waals surface area contributed by atoms with Crippen LogP contribution in [0.15, 0.2) is 60.5 Å². The standard InChI is InChI=1S/C21H27NO2/c1-4-20(23)24-21(17(2)16-22-3,19-13-9-6-10-14-19)15-18-11-7-5-8-12-18/h5-14,17,22H,4,15-16H2,1-3H3/t17-,21-/m1/s1/i6D,9D,10D,13D,14D. The van der Waals surface area contributed by atoms with Crippen molar-refractivity contribution in [2.75, 3.05) is 13.6 Å². The highest BCUT2D eigenvalue weighted by Gasteiger charge is 2.41. The van der Waals surface area contributed by atoms with E-state index in [0.29, 0.717) is 6.54 Å². The van der Waals surface area contributed by atoms with Crippen LogP contribution in [0.25, 0.3) is 0 Å². The van der Waals surface area contributed by atoms with E-state index < -0.39 is 29.7 Å². The van der Waals surface area contributed by atoms with Crippen molar-refractivity contribution in [1.82, 2.24) is 5.32 Å². The number of hydrogen-bond donors (Lipinski definition) is 1. The fraction of sp³-hybridized carbons (Fsp3) is 0.381. The normalized spacial score (nSPS) is 17.5. The molecule has 0 fully saturated rings. The maximum atomic E-state index is 12.5. The van der Waals surface area contributed by atoms with Gasteiger partial charge in [0.1, 0.15) is 5.60 Å². The Balaban J connectivity index is 2.85. The van der Waals surface area contributed by atoms with E-state index in [2.05, 4.69) is 5.32 Å². The molecule has 2 aromatic carbocycles. The zero-order valence-corrected chi connectivity index (χ0v) is 14.4. The second-order valence-corrected chi connectivity index (χ2v) is 5.84. The number of benzene rings is 2. The molecule has 0 bridgehead atoms. The van der Waals surface area contributed by atoms with Crippen molar-refractivity contribution in [1.29, 1.82) is 0 Å². The Morgan fingerprint density at radius 2 is 1.92 bits per heavy atom. The molecule has 0 amide bonds. The molecule has 0 saturated carbocycles. The topological polar surface area (TPSA) is 38.3 Å². The minimum absolute atomic E-state index is 0.0110. The Morgan fingerprint density at radius 1 is 1.25 bits per heavy atom. The van der Waals surface area contributed by atoms with Gasteiger partial charge in [-0.1, -0.05) is 74.4 Å². The highest BCUT2D eigenvalue weighted by Crippen LogP contribution is 2.37. The van der Waals surface area contributed by atoms with Gasteiger partial charge in [0.15, 0.2) is 0 Å².